The third-order valence-corrected chi connectivity index (χ3v) is 8.89. The van der Waals surface area contributed by atoms with Gasteiger partial charge >= 0.3 is 5.97 Å². The van der Waals surface area contributed by atoms with Crippen LogP contribution in [0.15, 0.2) is 96.3 Å². The molecule has 37 heavy (non-hydrogen) atoms. The lowest BCUT2D eigenvalue weighted by Gasteiger charge is -2.22. The van der Waals surface area contributed by atoms with Crippen LogP contribution in [0.25, 0.3) is 10.1 Å². The number of nitriles is 1. The summed E-state index contributed by atoms with van der Waals surface area (Å²) in [6.07, 6.45) is 3.08. The largest absolute Gasteiger partial charge is 0.477 e. The molecule has 0 spiro atoms. The zero-order valence-electron chi connectivity index (χ0n) is 19.3. The molecule has 8 nitrogen and oxygen atoms in total. The van der Waals surface area contributed by atoms with Crippen molar-refractivity contribution < 1.29 is 18.3 Å². The van der Waals surface area contributed by atoms with Crippen LogP contribution in [0.3, 0.4) is 0 Å². The summed E-state index contributed by atoms with van der Waals surface area (Å²) in [6, 6.07) is 24.1. The number of fused-ring (bicyclic) bond motifs is 1. The highest BCUT2D eigenvalue weighted by Crippen LogP contribution is 2.36. The van der Waals surface area contributed by atoms with Gasteiger partial charge in [0.05, 0.1) is 34.7 Å². The number of benzene rings is 3. The molecule has 5 aromatic rings. The first kappa shape index (κ1) is 24.2. The molecule has 0 bridgehead atoms. The standard InChI is InChI=1S/C27H20N4O4S2/c28-14-18-9-11-19(12-10-18)16-31-17-29-15-23(31)26(37(34,35)20-5-2-1-3-6-20)30-22-7-4-8-24-21(22)13-25(36-24)27(32)33/h1-13,15,17,26,30H,16H2,(H,32,33). The molecule has 0 saturated carbocycles. The third-order valence-electron chi connectivity index (χ3n) is 5.89. The summed E-state index contributed by atoms with van der Waals surface area (Å²) in [5.74, 6) is -1.04. The van der Waals surface area contributed by atoms with Gasteiger partial charge in [0, 0.05) is 22.3 Å². The van der Waals surface area contributed by atoms with E-state index in [1.165, 1.54) is 6.20 Å². The minimum atomic E-state index is -3.95. The molecular formula is C27H20N4O4S2. The summed E-state index contributed by atoms with van der Waals surface area (Å²) in [6.45, 7) is 0.343. The number of nitrogens with zero attached hydrogens (tertiary/aromatic N) is 3. The first-order valence-electron chi connectivity index (χ1n) is 11.2. The molecule has 2 heterocycles. The van der Waals surface area contributed by atoms with Crippen LogP contribution in [0, 0.1) is 11.3 Å². The van der Waals surface area contributed by atoms with Gasteiger partial charge in [0.25, 0.3) is 0 Å². The average molecular weight is 529 g/mol. The molecule has 0 aliphatic heterocycles. The van der Waals surface area contributed by atoms with E-state index in [0.29, 0.717) is 28.9 Å². The molecule has 1 atom stereocenters. The van der Waals surface area contributed by atoms with Crippen LogP contribution in [-0.2, 0) is 16.4 Å². The van der Waals surface area contributed by atoms with Gasteiger partial charge in [-0.3, -0.25) is 0 Å². The fraction of sp³-hybridized carbons (Fsp3) is 0.0741. The molecule has 0 fully saturated rings. The molecule has 2 aromatic heterocycles. The second-order valence-electron chi connectivity index (χ2n) is 8.27. The number of carboxylic acids is 1. The normalized spacial score (nSPS) is 12.2. The second-order valence-corrected chi connectivity index (χ2v) is 11.4. The SMILES string of the molecule is N#Cc1ccc(Cn2cncc2C(Nc2cccc3sc(C(=O)O)cc23)S(=O)(=O)c2ccccc2)cc1. The van der Waals surface area contributed by atoms with Crippen molar-refractivity contribution in [3.05, 3.63) is 113 Å². The van der Waals surface area contributed by atoms with Crippen molar-refractivity contribution in [2.45, 2.75) is 16.8 Å². The average Bonchev–Trinajstić information content (AvgIpc) is 3.56. The van der Waals surface area contributed by atoms with Crippen LogP contribution in [0.2, 0.25) is 0 Å². The maximum absolute atomic E-state index is 13.9. The topological polar surface area (TPSA) is 125 Å². The molecule has 184 valence electrons. The number of hydrogen-bond acceptors (Lipinski definition) is 7. The van der Waals surface area contributed by atoms with Crippen molar-refractivity contribution >= 4 is 42.9 Å². The second kappa shape index (κ2) is 9.89. The molecule has 0 aliphatic carbocycles. The Bertz CT molecular complexity index is 1730. The van der Waals surface area contributed by atoms with E-state index < -0.39 is 21.2 Å². The van der Waals surface area contributed by atoms with Crippen LogP contribution in [-0.4, -0.2) is 29.0 Å². The smallest absolute Gasteiger partial charge is 0.345 e. The monoisotopic (exact) mass is 528 g/mol. The number of rotatable bonds is 8. The zero-order valence-corrected chi connectivity index (χ0v) is 20.9. The number of imidazole rings is 1. The summed E-state index contributed by atoms with van der Waals surface area (Å²) in [7, 11) is -3.95. The Morgan fingerprint density at radius 1 is 1.08 bits per heavy atom. The summed E-state index contributed by atoms with van der Waals surface area (Å²) in [5.41, 5.74) is 2.32. The Morgan fingerprint density at radius 3 is 2.54 bits per heavy atom. The highest BCUT2D eigenvalue weighted by Gasteiger charge is 2.32. The quantitative estimate of drug-likeness (QED) is 0.280. The molecule has 0 aliphatic rings. The Hall–Kier alpha value is -4.46. The van der Waals surface area contributed by atoms with E-state index in [1.807, 2.05) is 12.1 Å². The molecule has 3 aromatic carbocycles. The number of anilines is 1. The highest BCUT2D eigenvalue weighted by atomic mass is 32.2. The van der Waals surface area contributed by atoms with Gasteiger partial charge in [-0.25, -0.2) is 18.2 Å². The van der Waals surface area contributed by atoms with Crippen molar-refractivity contribution in [3.63, 3.8) is 0 Å². The van der Waals surface area contributed by atoms with Crippen LogP contribution < -0.4 is 5.32 Å². The lowest BCUT2D eigenvalue weighted by Crippen LogP contribution is -2.24. The van der Waals surface area contributed by atoms with Crippen LogP contribution in [0.4, 0.5) is 5.69 Å². The lowest BCUT2D eigenvalue weighted by molar-refractivity contribution is 0.0702. The molecular weight excluding hydrogens is 508 g/mol. The highest BCUT2D eigenvalue weighted by molar-refractivity contribution is 7.91. The Morgan fingerprint density at radius 2 is 1.84 bits per heavy atom. The van der Waals surface area contributed by atoms with E-state index in [2.05, 4.69) is 16.4 Å². The lowest BCUT2D eigenvalue weighted by atomic mass is 10.1. The maximum Gasteiger partial charge on any atom is 0.345 e. The minimum Gasteiger partial charge on any atom is -0.477 e. The summed E-state index contributed by atoms with van der Waals surface area (Å²) in [4.78, 5) is 16.1. The number of aromatic nitrogens is 2. The molecule has 5 rings (SSSR count). The van der Waals surface area contributed by atoms with Gasteiger partial charge in [-0.15, -0.1) is 11.3 Å². The predicted molar refractivity (Wildman–Crippen MR) is 141 cm³/mol. The number of hydrogen-bond donors (Lipinski definition) is 2. The third kappa shape index (κ3) is 4.82. The minimum absolute atomic E-state index is 0.141. The van der Waals surface area contributed by atoms with Gasteiger partial charge in [0.15, 0.2) is 5.37 Å². The van der Waals surface area contributed by atoms with Crippen LogP contribution >= 0.6 is 11.3 Å². The van der Waals surface area contributed by atoms with Gasteiger partial charge < -0.3 is 15.0 Å². The fourth-order valence-corrected chi connectivity index (χ4v) is 6.58. The molecule has 0 radical (unpaired) electrons. The number of nitrogens with one attached hydrogen (secondary N) is 1. The Balaban J connectivity index is 1.60. The molecule has 0 amide bonds. The van der Waals surface area contributed by atoms with Gasteiger partial charge in [-0.1, -0.05) is 36.4 Å². The number of sulfone groups is 1. The molecule has 0 saturated heterocycles. The van der Waals surface area contributed by atoms with Crippen molar-refractivity contribution in [3.8, 4) is 6.07 Å². The summed E-state index contributed by atoms with van der Waals surface area (Å²) < 4.78 is 30.4. The van der Waals surface area contributed by atoms with Crippen molar-refractivity contribution in [2.24, 2.45) is 0 Å². The zero-order chi connectivity index (χ0) is 26.0. The van der Waals surface area contributed by atoms with Crippen molar-refractivity contribution in [1.82, 2.24) is 9.55 Å². The fourth-order valence-electron chi connectivity index (χ4n) is 4.05. The number of carboxylic acid groups (broad SMARTS) is 1. The van der Waals surface area contributed by atoms with Crippen LogP contribution in [0.5, 0.6) is 0 Å². The van der Waals surface area contributed by atoms with Crippen molar-refractivity contribution in [2.75, 3.05) is 5.32 Å². The molecule has 2 N–H and O–H groups in total. The molecule has 10 heteroatoms. The Kier molecular flexibility index (Phi) is 6.48. The number of thiophene rings is 1. The van der Waals surface area contributed by atoms with Gasteiger partial charge in [0.1, 0.15) is 4.88 Å². The van der Waals surface area contributed by atoms with Gasteiger partial charge in [-0.2, -0.15) is 5.26 Å². The number of aromatic carboxylic acids is 1. The van der Waals surface area contributed by atoms with E-state index in [0.717, 1.165) is 21.6 Å². The summed E-state index contributed by atoms with van der Waals surface area (Å²) >= 11 is 1.13. The van der Waals surface area contributed by atoms with E-state index >= 15 is 0 Å². The first-order chi connectivity index (χ1) is 17.9. The van der Waals surface area contributed by atoms with E-state index in [-0.39, 0.29) is 9.77 Å². The van der Waals surface area contributed by atoms with E-state index in [9.17, 15) is 18.3 Å². The maximum atomic E-state index is 13.9. The van der Waals surface area contributed by atoms with E-state index in [4.69, 9.17) is 5.26 Å². The predicted octanol–water partition coefficient (Wildman–Crippen LogP) is 5.30. The van der Waals surface area contributed by atoms with Crippen LogP contribution in [0.1, 0.15) is 31.9 Å². The first-order valence-corrected chi connectivity index (χ1v) is 13.5. The van der Waals surface area contributed by atoms with Gasteiger partial charge in [-0.05, 0) is 48.0 Å². The number of carbonyl (C=O) groups is 1. The summed E-state index contributed by atoms with van der Waals surface area (Å²) in [5, 5.41) is 21.1. The molecule has 1 unspecified atom stereocenters. The van der Waals surface area contributed by atoms with Crippen molar-refractivity contribution in [1.29, 1.82) is 5.26 Å². The van der Waals surface area contributed by atoms with E-state index in [1.54, 1.807) is 77.6 Å². The Labute approximate surface area is 217 Å². The van der Waals surface area contributed by atoms with Gasteiger partial charge in [0.2, 0.25) is 9.84 Å².